The van der Waals surface area contributed by atoms with Gasteiger partial charge in [-0.05, 0) is 46.1 Å². The van der Waals surface area contributed by atoms with Gasteiger partial charge in [-0.1, -0.05) is 0 Å². The second kappa shape index (κ2) is 4.86. The van der Waals surface area contributed by atoms with Gasteiger partial charge in [0.1, 0.15) is 10.4 Å². The molecule has 0 fully saturated rings. The Morgan fingerprint density at radius 2 is 2.16 bits per heavy atom. The fourth-order valence-electron chi connectivity index (χ4n) is 2.31. The summed E-state index contributed by atoms with van der Waals surface area (Å²) in [7, 11) is 0. The minimum absolute atomic E-state index is 0.0146. The van der Waals surface area contributed by atoms with Gasteiger partial charge in [0.05, 0.1) is 12.1 Å². The van der Waals surface area contributed by atoms with Crippen molar-refractivity contribution in [2.24, 2.45) is 5.73 Å². The minimum Gasteiger partial charge on any atom is -0.454 e. The van der Waals surface area contributed by atoms with Crippen molar-refractivity contribution in [1.29, 1.82) is 0 Å². The van der Waals surface area contributed by atoms with Gasteiger partial charge >= 0.3 is 0 Å². The first-order valence-electron chi connectivity index (χ1n) is 5.99. The summed E-state index contributed by atoms with van der Waals surface area (Å²) in [5.41, 5.74) is 8.14. The molecule has 19 heavy (non-hydrogen) atoms. The van der Waals surface area contributed by atoms with E-state index in [9.17, 15) is 0 Å². The zero-order valence-electron chi connectivity index (χ0n) is 10.4. The fourth-order valence-corrected chi connectivity index (χ4v) is 2.62. The number of benzene rings is 1. The number of nitrogens with one attached hydrogen (secondary N) is 1. The highest BCUT2D eigenvalue weighted by Gasteiger charge is 2.22. The first kappa shape index (κ1) is 12.5. The van der Waals surface area contributed by atoms with Crippen LogP contribution in [-0.2, 0) is 0 Å². The van der Waals surface area contributed by atoms with Gasteiger partial charge in [-0.3, -0.25) is 0 Å². The van der Waals surface area contributed by atoms with E-state index >= 15 is 0 Å². The standard InChI is InChI=1S/C13H14BrN3O2/c1-7-2-10-11(19-6-18-10)3-8(7)9(4-15)13-16-5-12(14)17-13/h2-3,5,9H,4,6,15H2,1H3,(H,16,17). The number of halogens is 1. The van der Waals surface area contributed by atoms with Crippen LogP contribution in [0.4, 0.5) is 0 Å². The molecule has 1 unspecified atom stereocenters. The van der Waals surface area contributed by atoms with E-state index in [1.54, 1.807) is 6.20 Å². The Balaban J connectivity index is 2.04. The lowest BCUT2D eigenvalue weighted by atomic mass is 9.93. The topological polar surface area (TPSA) is 73.2 Å². The van der Waals surface area contributed by atoms with E-state index in [1.807, 2.05) is 19.1 Å². The second-order valence-electron chi connectivity index (χ2n) is 4.47. The Kier molecular flexibility index (Phi) is 3.20. The number of ether oxygens (including phenoxy) is 2. The zero-order chi connectivity index (χ0) is 13.4. The van der Waals surface area contributed by atoms with Crippen LogP contribution in [0.25, 0.3) is 0 Å². The number of imidazole rings is 1. The number of nitrogens with zero attached hydrogens (tertiary/aromatic N) is 1. The first-order valence-corrected chi connectivity index (χ1v) is 6.79. The molecule has 1 aliphatic rings. The maximum absolute atomic E-state index is 5.91. The molecule has 0 bridgehead atoms. The van der Waals surface area contributed by atoms with E-state index in [0.29, 0.717) is 6.54 Å². The number of rotatable bonds is 3. The molecule has 1 aromatic carbocycles. The van der Waals surface area contributed by atoms with E-state index in [-0.39, 0.29) is 12.7 Å². The third-order valence-electron chi connectivity index (χ3n) is 3.27. The molecule has 2 heterocycles. The average Bonchev–Trinajstić information content (AvgIpc) is 2.99. The van der Waals surface area contributed by atoms with Crippen molar-refractivity contribution in [2.45, 2.75) is 12.8 Å². The Morgan fingerprint density at radius 1 is 1.42 bits per heavy atom. The molecule has 0 saturated heterocycles. The Labute approximate surface area is 119 Å². The highest BCUT2D eigenvalue weighted by molar-refractivity contribution is 9.10. The fraction of sp³-hybridized carbons (Fsp3) is 0.308. The molecule has 0 amide bonds. The van der Waals surface area contributed by atoms with Crippen LogP contribution in [0.2, 0.25) is 0 Å². The summed E-state index contributed by atoms with van der Waals surface area (Å²) < 4.78 is 11.6. The number of fused-ring (bicyclic) bond motifs is 1. The highest BCUT2D eigenvalue weighted by Crippen LogP contribution is 2.38. The third kappa shape index (κ3) is 2.21. The lowest BCUT2D eigenvalue weighted by Gasteiger charge is -2.16. The molecule has 100 valence electrons. The van der Waals surface area contributed by atoms with Gasteiger partial charge in [0.15, 0.2) is 11.5 Å². The number of aryl methyl sites for hydroxylation is 1. The van der Waals surface area contributed by atoms with E-state index < -0.39 is 0 Å². The van der Waals surface area contributed by atoms with E-state index in [4.69, 9.17) is 15.2 Å². The molecule has 0 aliphatic carbocycles. The van der Waals surface area contributed by atoms with Crippen LogP contribution in [0.15, 0.2) is 22.9 Å². The highest BCUT2D eigenvalue weighted by atomic mass is 79.9. The number of aromatic amines is 1. The van der Waals surface area contributed by atoms with E-state index in [0.717, 1.165) is 33.1 Å². The van der Waals surface area contributed by atoms with Crippen molar-refractivity contribution in [3.63, 3.8) is 0 Å². The SMILES string of the molecule is Cc1cc2c(cc1C(CN)c1ncc(Br)[nH]1)OCO2. The van der Waals surface area contributed by atoms with Crippen molar-refractivity contribution in [1.82, 2.24) is 9.97 Å². The van der Waals surface area contributed by atoms with Gasteiger partial charge in [-0.25, -0.2) is 4.98 Å². The molecular weight excluding hydrogens is 310 g/mol. The molecule has 0 radical (unpaired) electrons. The van der Waals surface area contributed by atoms with Crippen molar-refractivity contribution < 1.29 is 9.47 Å². The summed E-state index contributed by atoms with van der Waals surface area (Å²) in [6.07, 6.45) is 1.74. The van der Waals surface area contributed by atoms with Crippen molar-refractivity contribution in [2.75, 3.05) is 13.3 Å². The van der Waals surface area contributed by atoms with E-state index in [1.165, 1.54) is 0 Å². The molecule has 2 aromatic rings. The smallest absolute Gasteiger partial charge is 0.231 e. The molecule has 1 atom stereocenters. The molecule has 3 rings (SSSR count). The first-order chi connectivity index (χ1) is 9.19. The molecule has 1 aliphatic heterocycles. The molecule has 3 N–H and O–H groups in total. The van der Waals surface area contributed by atoms with Crippen LogP contribution in [0.5, 0.6) is 11.5 Å². The van der Waals surface area contributed by atoms with Gasteiger partial charge in [-0.15, -0.1) is 0 Å². The summed E-state index contributed by atoms with van der Waals surface area (Å²) in [4.78, 5) is 7.52. The zero-order valence-corrected chi connectivity index (χ0v) is 12.0. The molecular formula is C13H14BrN3O2. The summed E-state index contributed by atoms with van der Waals surface area (Å²) >= 11 is 3.37. The summed E-state index contributed by atoms with van der Waals surface area (Å²) in [5, 5.41) is 0. The van der Waals surface area contributed by atoms with Crippen molar-refractivity contribution in [3.8, 4) is 11.5 Å². The van der Waals surface area contributed by atoms with Crippen LogP contribution in [-0.4, -0.2) is 23.3 Å². The number of H-pyrrole nitrogens is 1. The average molecular weight is 324 g/mol. The molecule has 5 nitrogen and oxygen atoms in total. The predicted octanol–water partition coefficient (Wildman–Crippen LogP) is 2.30. The lowest BCUT2D eigenvalue weighted by Crippen LogP contribution is -2.16. The van der Waals surface area contributed by atoms with Crippen LogP contribution in [0.3, 0.4) is 0 Å². The van der Waals surface area contributed by atoms with Gasteiger partial charge in [-0.2, -0.15) is 0 Å². The summed E-state index contributed by atoms with van der Waals surface area (Å²) in [5.74, 6) is 2.42. The van der Waals surface area contributed by atoms with E-state index in [2.05, 4.69) is 25.9 Å². The Bertz CT molecular complexity index is 612. The number of aromatic nitrogens is 2. The Hall–Kier alpha value is -1.53. The molecule has 6 heteroatoms. The molecule has 0 saturated carbocycles. The molecule has 0 spiro atoms. The molecule has 1 aromatic heterocycles. The van der Waals surface area contributed by atoms with Gasteiger partial charge in [0, 0.05) is 6.54 Å². The quantitative estimate of drug-likeness (QED) is 0.909. The van der Waals surface area contributed by atoms with Crippen LogP contribution in [0.1, 0.15) is 22.9 Å². The predicted molar refractivity (Wildman–Crippen MR) is 74.5 cm³/mol. The van der Waals surface area contributed by atoms with Gasteiger partial charge < -0.3 is 20.2 Å². The van der Waals surface area contributed by atoms with Gasteiger partial charge in [0.2, 0.25) is 6.79 Å². The van der Waals surface area contributed by atoms with Crippen LogP contribution < -0.4 is 15.2 Å². The minimum atomic E-state index is 0.0146. The maximum Gasteiger partial charge on any atom is 0.231 e. The van der Waals surface area contributed by atoms with Gasteiger partial charge in [0.25, 0.3) is 0 Å². The number of hydrogen-bond donors (Lipinski definition) is 2. The number of nitrogens with two attached hydrogens (primary N) is 1. The third-order valence-corrected chi connectivity index (χ3v) is 3.67. The van der Waals surface area contributed by atoms with Crippen molar-refractivity contribution >= 4 is 15.9 Å². The Morgan fingerprint density at radius 3 is 2.79 bits per heavy atom. The largest absolute Gasteiger partial charge is 0.454 e. The van der Waals surface area contributed by atoms with Crippen LogP contribution >= 0.6 is 15.9 Å². The lowest BCUT2D eigenvalue weighted by molar-refractivity contribution is 0.174. The number of hydrogen-bond acceptors (Lipinski definition) is 4. The monoisotopic (exact) mass is 323 g/mol. The maximum atomic E-state index is 5.91. The summed E-state index contributed by atoms with van der Waals surface area (Å²) in [6.45, 7) is 2.79. The summed E-state index contributed by atoms with van der Waals surface area (Å²) in [6, 6.07) is 3.98. The van der Waals surface area contributed by atoms with Crippen molar-refractivity contribution in [3.05, 3.63) is 39.9 Å². The second-order valence-corrected chi connectivity index (χ2v) is 5.32. The normalized spacial score (nSPS) is 14.7. The van der Waals surface area contributed by atoms with Crippen LogP contribution in [0, 0.1) is 6.92 Å².